The lowest BCUT2D eigenvalue weighted by Gasteiger charge is -2.29. The van der Waals surface area contributed by atoms with Crippen LogP contribution in [-0.2, 0) is 16.7 Å². The molecule has 4 rings (SSSR count). The highest BCUT2D eigenvalue weighted by molar-refractivity contribution is 7.89. The van der Waals surface area contributed by atoms with Crippen molar-refractivity contribution in [2.45, 2.75) is 50.6 Å². The molecule has 0 radical (unpaired) electrons. The van der Waals surface area contributed by atoms with E-state index in [4.69, 9.17) is 16.6 Å². The van der Waals surface area contributed by atoms with Gasteiger partial charge in [-0.25, -0.2) is 13.1 Å². The third-order valence-electron chi connectivity index (χ3n) is 5.85. The molecule has 0 saturated carbocycles. The van der Waals surface area contributed by atoms with E-state index in [-0.39, 0.29) is 4.90 Å². The minimum Gasteiger partial charge on any atom is -0.409 e. The number of aromatic nitrogens is 2. The number of sulfonamides is 1. The second-order valence-electron chi connectivity index (χ2n) is 8.11. The molecule has 0 atom stereocenters. The first kappa shape index (κ1) is 20.7. The molecule has 2 fully saturated rings. The van der Waals surface area contributed by atoms with Gasteiger partial charge in [-0.1, -0.05) is 19.4 Å². The Balaban J connectivity index is 1.55. The minimum atomic E-state index is -3.50. The van der Waals surface area contributed by atoms with E-state index in [2.05, 4.69) is 16.9 Å². The maximum Gasteiger partial charge on any atom is 0.288 e. The molecular formula is C20H28N4O3S2. The molecule has 0 N–H and O–H groups in total. The third kappa shape index (κ3) is 4.63. The fourth-order valence-corrected chi connectivity index (χ4v) is 5.69. The zero-order valence-electron chi connectivity index (χ0n) is 16.8. The van der Waals surface area contributed by atoms with Crippen molar-refractivity contribution >= 4 is 22.2 Å². The van der Waals surface area contributed by atoms with Crippen LogP contribution >= 0.6 is 12.2 Å². The molecule has 2 saturated heterocycles. The first-order chi connectivity index (χ1) is 13.9. The number of hydrogen-bond acceptors (Lipinski definition) is 6. The standard InChI is InChI=1S/C20H28N4O3S2/c1-16-8-12-22(13-9-16)15-24-20(28)27-19(21-24)17-6-5-7-18(14-17)29(25,26)23-10-3-2-4-11-23/h5-7,14,16H,2-4,8-13,15H2,1H3. The first-order valence-corrected chi connectivity index (χ1v) is 12.2. The lowest BCUT2D eigenvalue weighted by molar-refractivity contribution is 0.144. The number of piperidine rings is 2. The van der Waals surface area contributed by atoms with Crippen molar-refractivity contribution in [3.05, 3.63) is 29.1 Å². The van der Waals surface area contributed by atoms with E-state index in [1.807, 2.05) is 6.07 Å². The van der Waals surface area contributed by atoms with Crippen molar-refractivity contribution in [2.75, 3.05) is 26.2 Å². The maximum atomic E-state index is 13.0. The molecule has 0 unspecified atom stereocenters. The molecule has 0 bridgehead atoms. The van der Waals surface area contributed by atoms with E-state index in [1.165, 1.54) is 12.8 Å². The summed E-state index contributed by atoms with van der Waals surface area (Å²) < 4.78 is 34.9. The van der Waals surface area contributed by atoms with Crippen LogP contribution < -0.4 is 0 Å². The van der Waals surface area contributed by atoms with E-state index in [1.54, 1.807) is 27.2 Å². The van der Waals surface area contributed by atoms with Crippen LogP contribution in [0.5, 0.6) is 0 Å². The molecule has 3 heterocycles. The molecule has 2 aliphatic rings. The van der Waals surface area contributed by atoms with E-state index >= 15 is 0 Å². The number of hydrogen-bond donors (Lipinski definition) is 0. The van der Waals surface area contributed by atoms with Gasteiger partial charge in [0.25, 0.3) is 4.84 Å². The Morgan fingerprint density at radius 1 is 1.14 bits per heavy atom. The minimum absolute atomic E-state index is 0.276. The monoisotopic (exact) mass is 436 g/mol. The Morgan fingerprint density at radius 2 is 1.86 bits per heavy atom. The van der Waals surface area contributed by atoms with E-state index < -0.39 is 10.0 Å². The summed E-state index contributed by atoms with van der Waals surface area (Å²) in [6.45, 7) is 6.08. The number of benzene rings is 1. The van der Waals surface area contributed by atoms with Gasteiger partial charge >= 0.3 is 0 Å². The molecular weight excluding hydrogens is 408 g/mol. The molecule has 1 aromatic heterocycles. The quantitative estimate of drug-likeness (QED) is 0.665. The summed E-state index contributed by atoms with van der Waals surface area (Å²) in [7, 11) is -3.50. The largest absolute Gasteiger partial charge is 0.409 e. The summed E-state index contributed by atoms with van der Waals surface area (Å²) in [6, 6.07) is 6.81. The van der Waals surface area contributed by atoms with Gasteiger partial charge in [0.15, 0.2) is 0 Å². The van der Waals surface area contributed by atoms with Gasteiger partial charge in [0.05, 0.1) is 11.6 Å². The normalized spacial score (nSPS) is 20.2. The van der Waals surface area contributed by atoms with Crippen LogP contribution in [-0.4, -0.2) is 53.6 Å². The summed E-state index contributed by atoms with van der Waals surface area (Å²) in [4.78, 5) is 2.90. The molecule has 0 spiro atoms. The average molecular weight is 437 g/mol. The van der Waals surface area contributed by atoms with Gasteiger partial charge in [0, 0.05) is 31.7 Å². The average Bonchev–Trinajstić information content (AvgIpc) is 3.11. The molecule has 0 amide bonds. The molecule has 158 valence electrons. The molecule has 29 heavy (non-hydrogen) atoms. The van der Waals surface area contributed by atoms with Crippen LogP contribution in [0.2, 0.25) is 0 Å². The van der Waals surface area contributed by atoms with Gasteiger partial charge in [-0.15, -0.1) is 5.10 Å². The van der Waals surface area contributed by atoms with Crippen LogP contribution in [0, 0.1) is 10.8 Å². The van der Waals surface area contributed by atoms with E-state index in [0.29, 0.717) is 36.0 Å². The highest BCUT2D eigenvalue weighted by Gasteiger charge is 2.26. The van der Waals surface area contributed by atoms with Crippen molar-refractivity contribution in [1.82, 2.24) is 19.0 Å². The Kier molecular flexibility index (Phi) is 6.19. The molecule has 7 nitrogen and oxygen atoms in total. The lowest BCUT2D eigenvalue weighted by atomic mass is 10.00. The van der Waals surface area contributed by atoms with Gasteiger partial charge in [-0.05, 0) is 62.0 Å². The highest BCUT2D eigenvalue weighted by atomic mass is 32.2. The summed E-state index contributed by atoms with van der Waals surface area (Å²) in [5.74, 6) is 1.12. The van der Waals surface area contributed by atoms with Gasteiger partial charge in [0.2, 0.25) is 15.9 Å². The van der Waals surface area contributed by atoms with Gasteiger partial charge in [0.1, 0.15) is 0 Å². The van der Waals surface area contributed by atoms with Crippen molar-refractivity contribution in [1.29, 1.82) is 0 Å². The molecule has 2 aromatic rings. The fraction of sp³-hybridized carbons (Fsp3) is 0.600. The van der Waals surface area contributed by atoms with Gasteiger partial charge in [-0.2, -0.15) is 4.31 Å². The number of rotatable bonds is 5. The first-order valence-electron chi connectivity index (χ1n) is 10.3. The lowest BCUT2D eigenvalue weighted by Crippen LogP contribution is -2.35. The van der Waals surface area contributed by atoms with Crippen molar-refractivity contribution in [3.8, 4) is 11.5 Å². The summed E-state index contributed by atoms with van der Waals surface area (Å²) in [5.41, 5.74) is 0.625. The van der Waals surface area contributed by atoms with E-state index in [0.717, 1.165) is 38.3 Å². The highest BCUT2D eigenvalue weighted by Crippen LogP contribution is 2.26. The predicted octanol–water partition coefficient (Wildman–Crippen LogP) is 3.74. The predicted molar refractivity (Wildman–Crippen MR) is 113 cm³/mol. The van der Waals surface area contributed by atoms with Crippen molar-refractivity contribution in [3.63, 3.8) is 0 Å². The molecule has 9 heteroatoms. The molecule has 0 aliphatic carbocycles. The van der Waals surface area contributed by atoms with Crippen molar-refractivity contribution < 1.29 is 12.8 Å². The number of likely N-dealkylation sites (tertiary alicyclic amines) is 1. The van der Waals surface area contributed by atoms with Crippen LogP contribution in [0.15, 0.2) is 33.6 Å². The van der Waals surface area contributed by atoms with Gasteiger partial charge in [-0.3, -0.25) is 4.90 Å². The topological polar surface area (TPSA) is 71.6 Å². The fourth-order valence-electron chi connectivity index (χ4n) is 3.95. The van der Waals surface area contributed by atoms with Crippen LogP contribution in [0.25, 0.3) is 11.5 Å². The van der Waals surface area contributed by atoms with Gasteiger partial charge < -0.3 is 4.42 Å². The van der Waals surface area contributed by atoms with E-state index in [9.17, 15) is 8.42 Å². The molecule has 1 aromatic carbocycles. The SMILES string of the molecule is CC1CCN(Cn2nc(-c3cccc(S(=O)(=O)N4CCCCC4)c3)oc2=S)CC1. The Hall–Kier alpha value is -1.55. The summed E-state index contributed by atoms with van der Waals surface area (Å²) >= 11 is 5.35. The zero-order valence-corrected chi connectivity index (χ0v) is 18.4. The van der Waals surface area contributed by atoms with Crippen molar-refractivity contribution in [2.24, 2.45) is 5.92 Å². The zero-order chi connectivity index (χ0) is 20.4. The van der Waals surface area contributed by atoms with Crippen LogP contribution in [0.3, 0.4) is 0 Å². The number of nitrogens with zero attached hydrogens (tertiary/aromatic N) is 4. The maximum absolute atomic E-state index is 13.0. The Bertz CT molecular complexity index is 1000. The Labute approximate surface area is 177 Å². The summed E-state index contributed by atoms with van der Waals surface area (Å²) in [6.07, 6.45) is 5.25. The Morgan fingerprint density at radius 3 is 2.59 bits per heavy atom. The van der Waals surface area contributed by atoms with Crippen LogP contribution in [0.4, 0.5) is 0 Å². The second kappa shape index (κ2) is 8.67. The summed E-state index contributed by atoms with van der Waals surface area (Å²) in [5, 5.41) is 4.52. The second-order valence-corrected chi connectivity index (χ2v) is 10.4. The smallest absolute Gasteiger partial charge is 0.288 e. The van der Waals surface area contributed by atoms with Crippen LogP contribution in [0.1, 0.15) is 39.0 Å². The third-order valence-corrected chi connectivity index (χ3v) is 8.04. The molecule has 2 aliphatic heterocycles.